The number of nitrogens with zero attached hydrogens (tertiary/aromatic N) is 1. The highest BCUT2D eigenvalue weighted by molar-refractivity contribution is 5.45. The number of aryl methyl sites for hydroxylation is 1. The summed E-state index contributed by atoms with van der Waals surface area (Å²) in [5.41, 5.74) is 1.37. The van der Waals surface area contributed by atoms with Gasteiger partial charge in [0.1, 0.15) is 17.3 Å². The third kappa shape index (κ3) is 3.76. The second-order valence-electron chi connectivity index (χ2n) is 4.63. The molecule has 0 heterocycles. The first-order chi connectivity index (χ1) is 9.99. The van der Waals surface area contributed by atoms with Crippen LogP contribution in [-0.2, 0) is 6.54 Å². The molecule has 1 N–H and O–H groups in total. The topological polar surface area (TPSA) is 64.4 Å². The van der Waals surface area contributed by atoms with Crippen molar-refractivity contribution < 1.29 is 14.1 Å². The van der Waals surface area contributed by atoms with Crippen LogP contribution in [0.2, 0.25) is 0 Å². The van der Waals surface area contributed by atoms with Crippen LogP contribution in [0.3, 0.4) is 0 Å². The zero-order valence-corrected chi connectivity index (χ0v) is 11.7. The fraction of sp³-hybridized carbons (Fsp3) is 0.200. The van der Waals surface area contributed by atoms with E-state index in [4.69, 9.17) is 4.74 Å². The Balaban J connectivity index is 2.27. The van der Waals surface area contributed by atoms with Crippen molar-refractivity contribution in [3.8, 4) is 11.5 Å². The molecule has 0 atom stereocenters. The average molecular weight is 290 g/mol. The minimum atomic E-state index is -0.468. The van der Waals surface area contributed by atoms with E-state index in [9.17, 15) is 14.5 Å². The molecule has 0 saturated carbocycles. The molecule has 0 aromatic heterocycles. The number of nitro groups is 1. The third-order valence-corrected chi connectivity index (χ3v) is 2.91. The standard InChI is InChI=1S/C15H15FN2O3/c1-10-5-13(18(19)20)3-4-15(10)21-14-7-11(9-17-2)6-12(16)8-14/h3-8,17H,9H2,1-2H3. The molecule has 0 aliphatic carbocycles. The number of halogens is 1. The average Bonchev–Trinajstić information content (AvgIpc) is 2.40. The molecule has 0 aliphatic rings. The quantitative estimate of drug-likeness (QED) is 0.675. The maximum Gasteiger partial charge on any atom is 0.269 e. The molecule has 2 aromatic carbocycles. The number of hydrogen-bond acceptors (Lipinski definition) is 4. The molecular weight excluding hydrogens is 275 g/mol. The summed E-state index contributed by atoms with van der Waals surface area (Å²) in [4.78, 5) is 10.2. The van der Waals surface area contributed by atoms with Gasteiger partial charge in [-0.05, 0) is 43.3 Å². The van der Waals surface area contributed by atoms with E-state index in [1.54, 1.807) is 20.0 Å². The summed E-state index contributed by atoms with van der Waals surface area (Å²) < 4.78 is 19.1. The molecule has 110 valence electrons. The highest BCUT2D eigenvalue weighted by Gasteiger charge is 2.10. The number of rotatable bonds is 5. The van der Waals surface area contributed by atoms with Crippen LogP contribution in [0.1, 0.15) is 11.1 Å². The fourth-order valence-corrected chi connectivity index (χ4v) is 1.97. The van der Waals surface area contributed by atoms with Crippen molar-refractivity contribution in [2.75, 3.05) is 7.05 Å². The van der Waals surface area contributed by atoms with E-state index < -0.39 is 10.7 Å². The van der Waals surface area contributed by atoms with Crippen LogP contribution in [0.5, 0.6) is 11.5 Å². The van der Waals surface area contributed by atoms with Crippen molar-refractivity contribution in [2.24, 2.45) is 0 Å². The number of nitrogens with one attached hydrogen (secondary N) is 1. The molecule has 6 heteroatoms. The highest BCUT2D eigenvalue weighted by Crippen LogP contribution is 2.29. The van der Waals surface area contributed by atoms with Crippen molar-refractivity contribution in [2.45, 2.75) is 13.5 Å². The molecule has 0 aliphatic heterocycles. The summed E-state index contributed by atoms with van der Waals surface area (Å²) in [6.45, 7) is 2.23. The smallest absolute Gasteiger partial charge is 0.269 e. The summed E-state index contributed by atoms with van der Waals surface area (Å²) in [7, 11) is 1.77. The molecule has 0 bridgehead atoms. The Labute approximate surface area is 121 Å². The number of nitro benzene ring substituents is 1. The minimum absolute atomic E-state index is 0.00466. The van der Waals surface area contributed by atoms with Gasteiger partial charge in [0.15, 0.2) is 0 Å². The van der Waals surface area contributed by atoms with Gasteiger partial charge in [0.25, 0.3) is 5.69 Å². The van der Waals surface area contributed by atoms with E-state index in [1.807, 2.05) is 0 Å². The van der Waals surface area contributed by atoms with Crippen LogP contribution < -0.4 is 10.1 Å². The largest absolute Gasteiger partial charge is 0.457 e. The SMILES string of the molecule is CNCc1cc(F)cc(Oc2ccc([N+](=O)[O-])cc2C)c1. The Morgan fingerprint density at radius 1 is 1.29 bits per heavy atom. The number of non-ortho nitro benzene ring substituents is 1. The Morgan fingerprint density at radius 2 is 2.05 bits per heavy atom. The zero-order chi connectivity index (χ0) is 15.4. The molecule has 21 heavy (non-hydrogen) atoms. The number of benzene rings is 2. The van der Waals surface area contributed by atoms with Crippen molar-refractivity contribution in [3.63, 3.8) is 0 Å². The predicted octanol–water partition coefficient (Wildman–Crippen LogP) is 3.55. The molecule has 2 aromatic rings. The van der Waals surface area contributed by atoms with E-state index in [0.29, 0.717) is 23.6 Å². The zero-order valence-electron chi connectivity index (χ0n) is 11.7. The molecule has 0 radical (unpaired) electrons. The van der Waals surface area contributed by atoms with Crippen LogP contribution in [0.25, 0.3) is 0 Å². The molecule has 2 rings (SSSR count). The van der Waals surface area contributed by atoms with Crippen LogP contribution >= 0.6 is 0 Å². The van der Waals surface area contributed by atoms with Crippen LogP contribution in [0.4, 0.5) is 10.1 Å². The lowest BCUT2D eigenvalue weighted by atomic mass is 10.2. The van der Waals surface area contributed by atoms with Gasteiger partial charge in [-0.15, -0.1) is 0 Å². The number of hydrogen-bond donors (Lipinski definition) is 1. The second kappa shape index (κ2) is 6.32. The first-order valence-electron chi connectivity index (χ1n) is 6.36. The molecule has 0 saturated heterocycles. The minimum Gasteiger partial charge on any atom is -0.457 e. The van der Waals surface area contributed by atoms with Crippen molar-refractivity contribution in [1.29, 1.82) is 0 Å². The van der Waals surface area contributed by atoms with Gasteiger partial charge in [0, 0.05) is 24.7 Å². The van der Waals surface area contributed by atoms with Gasteiger partial charge in [0.05, 0.1) is 4.92 Å². The summed E-state index contributed by atoms with van der Waals surface area (Å²) in [6, 6.07) is 8.71. The molecule has 0 unspecified atom stereocenters. The van der Waals surface area contributed by atoms with Crippen LogP contribution in [0, 0.1) is 22.9 Å². The highest BCUT2D eigenvalue weighted by atomic mass is 19.1. The molecule has 0 spiro atoms. The third-order valence-electron chi connectivity index (χ3n) is 2.91. The summed E-state index contributed by atoms with van der Waals surface area (Å²) >= 11 is 0. The van der Waals surface area contributed by atoms with Gasteiger partial charge < -0.3 is 10.1 Å². The van der Waals surface area contributed by atoms with Gasteiger partial charge in [-0.1, -0.05) is 0 Å². The van der Waals surface area contributed by atoms with Gasteiger partial charge in [-0.3, -0.25) is 10.1 Å². The van der Waals surface area contributed by atoms with Crippen molar-refractivity contribution in [3.05, 3.63) is 63.5 Å². The molecule has 5 nitrogen and oxygen atoms in total. The molecular formula is C15H15FN2O3. The lowest BCUT2D eigenvalue weighted by Gasteiger charge is -2.10. The van der Waals surface area contributed by atoms with E-state index >= 15 is 0 Å². The second-order valence-corrected chi connectivity index (χ2v) is 4.63. The summed E-state index contributed by atoms with van der Waals surface area (Å²) in [5, 5.41) is 13.6. The van der Waals surface area contributed by atoms with Crippen molar-refractivity contribution >= 4 is 5.69 Å². The van der Waals surface area contributed by atoms with E-state index in [2.05, 4.69) is 5.32 Å². The van der Waals surface area contributed by atoms with Crippen LogP contribution in [0.15, 0.2) is 36.4 Å². The van der Waals surface area contributed by atoms with E-state index in [1.165, 1.54) is 30.3 Å². The summed E-state index contributed by atoms with van der Waals surface area (Å²) in [5.74, 6) is 0.427. The van der Waals surface area contributed by atoms with E-state index in [-0.39, 0.29) is 5.69 Å². The fourth-order valence-electron chi connectivity index (χ4n) is 1.97. The molecule has 0 fully saturated rings. The van der Waals surface area contributed by atoms with Gasteiger partial charge in [-0.2, -0.15) is 0 Å². The maximum atomic E-state index is 13.5. The van der Waals surface area contributed by atoms with Gasteiger partial charge >= 0.3 is 0 Å². The monoisotopic (exact) mass is 290 g/mol. The Bertz CT molecular complexity index is 674. The Hall–Kier alpha value is -2.47. The lowest BCUT2D eigenvalue weighted by molar-refractivity contribution is -0.384. The lowest BCUT2D eigenvalue weighted by Crippen LogP contribution is -2.05. The normalized spacial score (nSPS) is 10.4. The summed E-state index contributed by atoms with van der Waals surface area (Å²) in [6.07, 6.45) is 0. The van der Waals surface area contributed by atoms with Gasteiger partial charge in [0.2, 0.25) is 0 Å². The first kappa shape index (κ1) is 14.9. The number of ether oxygens (including phenoxy) is 1. The Morgan fingerprint density at radius 3 is 2.67 bits per heavy atom. The van der Waals surface area contributed by atoms with Gasteiger partial charge in [-0.25, -0.2) is 4.39 Å². The Kier molecular flexibility index (Phi) is 4.49. The van der Waals surface area contributed by atoms with Crippen LogP contribution in [-0.4, -0.2) is 12.0 Å². The first-order valence-corrected chi connectivity index (χ1v) is 6.36. The van der Waals surface area contributed by atoms with Crippen molar-refractivity contribution in [1.82, 2.24) is 5.32 Å². The maximum absolute atomic E-state index is 13.5. The van der Waals surface area contributed by atoms with E-state index in [0.717, 1.165) is 5.56 Å². The predicted molar refractivity (Wildman–Crippen MR) is 77.1 cm³/mol. The molecule has 0 amide bonds.